The minimum absolute atomic E-state index is 0.149. The lowest BCUT2D eigenvalue weighted by Crippen LogP contribution is -2.11. The van der Waals surface area contributed by atoms with Gasteiger partial charge in [0.15, 0.2) is 5.82 Å². The van der Waals surface area contributed by atoms with E-state index >= 15 is 0 Å². The molecule has 104 valence electrons. The molecule has 6 heteroatoms. The Morgan fingerprint density at radius 2 is 1.76 bits per heavy atom. The Kier molecular flexibility index (Phi) is 3.42. The van der Waals surface area contributed by atoms with Crippen molar-refractivity contribution < 1.29 is 4.79 Å². The van der Waals surface area contributed by atoms with Gasteiger partial charge in [-0.1, -0.05) is 30.3 Å². The quantitative estimate of drug-likeness (QED) is 0.797. The molecule has 0 unspecified atom stereocenters. The third-order valence-corrected chi connectivity index (χ3v) is 3.06. The van der Waals surface area contributed by atoms with Crippen LogP contribution in [-0.4, -0.2) is 26.1 Å². The first kappa shape index (κ1) is 13.0. The van der Waals surface area contributed by atoms with Gasteiger partial charge in [-0.2, -0.15) is 0 Å². The van der Waals surface area contributed by atoms with Gasteiger partial charge in [-0.15, -0.1) is 5.10 Å². The molecule has 1 N–H and O–H groups in total. The van der Waals surface area contributed by atoms with Crippen molar-refractivity contribution in [2.45, 2.75) is 0 Å². The predicted octanol–water partition coefficient (Wildman–Crippen LogP) is 2.13. The molecule has 6 nitrogen and oxygen atoms in total. The zero-order chi connectivity index (χ0) is 14.7. The van der Waals surface area contributed by atoms with E-state index in [1.807, 2.05) is 42.5 Å². The van der Waals surface area contributed by atoms with E-state index < -0.39 is 0 Å². The van der Waals surface area contributed by atoms with E-state index in [0.717, 1.165) is 11.3 Å². The molecular formula is C15H13N5O. The molecule has 1 aromatic heterocycles. The first-order valence-electron chi connectivity index (χ1n) is 6.43. The lowest BCUT2D eigenvalue weighted by molar-refractivity contribution is 0.102. The molecule has 3 rings (SSSR count). The molecule has 0 radical (unpaired) electrons. The van der Waals surface area contributed by atoms with E-state index in [4.69, 9.17) is 0 Å². The van der Waals surface area contributed by atoms with E-state index in [9.17, 15) is 4.79 Å². The van der Waals surface area contributed by atoms with Gasteiger partial charge in [0, 0.05) is 23.9 Å². The highest BCUT2D eigenvalue weighted by Crippen LogP contribution is 2.16. The lowest BCUT2D eigenvalue weighted by atomic mass is 10.1. The van der Waals surface area contributed by atoms with Crippen molar-refractivity contribution in [2.75, 3.05) is 5.32 Å². The number of nitrogens with zero attached hydrogens (tertiary/aromatic N) is 4. The van der Waals surface area contributed by atoms with Gasteiger partial charge in [0.25, 0.3) is 5.91 Å². The number of nitrogens with one attached hydrogen (secondary N) is 1. The Labute approximate surface area is 121 Å². The number of rotatable bonds is 3. The molecular weight excluding hydrogens is 266 g/mol. The van der Waals surface area contributed by atoms with Gasteiger partial charge in [-0.3, -0.25) is 4.79 Å². The fourth-order valence-corrected chi connectivity index (χ4v) is 1.97. The van der Waals surface area contributed by atoms with Gasteiger partial charge in [0.05, 0.1) is 0 Å². The average molecular weight is 279 g/mol. The molecule has 0 fully saturated rings. The molecule has 1 heterocycles. The number of carbonyl (C=O) groups is 1. The molecule has 0 aliphatic rings. The van der Waals surface area contributed by atoms with E-state index in [1.165, 1.54) is 0 Å². The zero-order valence-corrected chi connectivity index (χ0v) is 11.4. The minimum Gasteiger partial charge on any atom is -0.322 e. The molecule has 0 saturated heterocycles. The monoisotopic (exact) mass is 279 g/mol. The smallest absolute Gasteiger partial charge is 0.255 e. The summed E-state index contributed by atoms with van der Waals surface area (Å²) in [6.07, 6.45) is 0. The fraction of sp³-hybridized carbons (Fsp3) is 0.0667. The summed E-state index contributed by atoms with van der Waals surface area (Å²) in [6.45, 7) is 0. The van der Waals surface area contributed by atoms with Crippen LogP contribution in [0.2, 0.25) is 0 Å². The van der Waals surface area contributed by atoms with Crippen LogP contribution < -0.4 is 5.32 Å². The maximum absolute atomic E-state index is 12.1. The zero-order valence-electron chi connectivity index (χ0n) is 11.4. The number of hydrogen-bond donors (Lipinski definition) is 1. The maximum Gasteiger partial charge on any atom is 0.255 e. The predicted molar refractivity (Wildman–Crippen MR) is 78.6 cm³/mol. The third-order valence-electron chi connectivity index (χ3n) is 3.06. The highest BCUT2D eigenvalue weighted by molar-refractivity contribution is 6.04. The summed E-state index contributed by atoms with van der Waals surface area (Å²) in [5, 5.41) is 14.1. The molecule has 0 aliphatic heterocycles. The second kappa shape index (κ2) is 5.54. The fourth-order valence-electron chi connectivity index (χ4n) is 1.97. The van der Waals surface area contributed by atoms with Crippen LogP contribution in [0, 0.1) is 0 Å². The van der Waals surface area contributed by atoms with Crippen molar-refractivity contribution in [3.63, 3.8) is 0 Å². The van der Waals surface area contributed by atoms with Crippen molar-refractivity contribution in [3.05, 3.63) is 60.2 Å². The molecule has 0 bridgehead atoms. The first-order chi connectivity index (χ1) is 10.2. The van der Waals surface area contributed by atoms with Crippen molar-refractivity contribution in [2.24, 2.45) is 7.05 Å². The molecule has 3 aromatic rings. The van der Waals surface area contributed by atoms with E-state index in [1.54, 1.807) is 23.9 Å². The van der Waals surface area contributed by atoms with Crippen molar-refractivity contribution in [3.8, 4) is 11.4 Å². The van der Waals surface area contributed by atoms with Crippen LogP contribution in [0.1, 0.15) is 10.4 Å². The molecule has 21 heavy (non-hydrogen) atoms. The van der Waals surface area contributed by atoms with Crippen LogP contribution in [0.3, 0.4) is 0 Å². The molecule has 0 aliphatic carbocycles. The van der Waals surface area contributed by atoms with Crippen molar-refractivity contribution in [1.29, 1.82) is 0 Å². The molecule has 1 amide bonds. The number of hydrogen-bond acceptors (Lipinski definition) is 4. The van der Waals surface area contributed by atoms with Crippen molar-refractivity contribution >= 4 is 11.6 Å². The van der Waals surface area contributed by atoms with Gasteiger partial charge in [-0.05, 0) is 34.7 Å². The molecule has 0 atom stereocenters. The molecule has 0 spiro atoms. The second-order valence-electron chi connectivity index (χ2n) is 4.52. The molecule has 2 aromatic carbocycles. The SMILES string of the molecule is Cn1nnnc1-c1ccc(C(=O)Nc2ccccc2)cc1. The van der Waals surface area contributed by atoms with Crippen LogP contribution in [0.5, 0.6) is 0 Å². The van der Waals surface area contributed by atoms with Crippen LogP contribution >= 0.6 is 0 Å². The number of aryl methyl sites for hydroxylation is 1. The standard InChI is InChI=1S/C15H13N5O/c1-20-14(17-18-19-20)11-7-9-12(10-8-11)15(21)16-13-5-3-2-4-6-13/h2-10H,1H3,(H,16,21). The summed E-state index contributed by atoms with van der Waals surface area (Å²) in [6, 6.07) is 16.5. The normalized spacial score (nSPS) is 10.3. The Balaban J connectivity index is 1.78. The van der Waals surface area contributed by atoms with Gasteiger partial charge in [0.1, 0.15) is 0 Å². The third kappa shape index (κ3) is 2.79. The van der Waals surface area contributed by atoms with Crippen LogP contribution in [0.4, 0.5) is 5.69 Å². The summed E-state index contributed by atoms with van der Waals surface area (Å²) in [4.78, 5) is 12.1. The van der Waals surface area contributed by atoms with Crippen molar-refractivity contribution in [1.82, 2.24) is 20.2 Å². The Bertz CT molecular complexity index is 749. The lowest BCUT2D eigenvalue weighted by Gasteiger charge is -2.05. The largest absolute Gasteiger partial charge is 0.322 e. The van der Waals surface area contributed by atoms with Crippen LogP contribution in [0.15, 0.2) is 54.6 Å². The van der Waals surface area contributed by atoms with Gasteiger partial charge >= 0.3 is 0 Å². The van der Waals surface area contributed by atoms with Gasteiger partial charge in [-0.25, -0.2) is 4.68 Å². The van der Waals surface area contributed by atoms with Gasteiger partial charge in [0.2, 0.25) is 0 Å². The second-order valence-corrected chi connectivity index (χ2v) is 4.52. The number of amides is 1. The van der Waals surface area contributed by atoms with E-state index in [-0.39, 0.29) is 5.91 Å². The van der Waals surface area contributed by atoms with Crippen LogP contribution in [0.25, 0.3) is 11.4 Å². The average Bonchev–Trinajstić information content (AvgIpc) is 2.94. The number of aromatic nitrogens is 4. The molecule has 0 saturated carbocycles. The summed E-state index contributed by atoms with van der Waals surface area (Å²) in [5.41, 5.74) is 2.21. The topological polar surface area (TPSA) is 72.7 Å². The maximum atomic E-state index is 12.1. The highest BCUT2D eigenvalue weighted by atomic mass is 16.1. The Morgan fingerprint density at radius 3 is 2.38 bits per heavy atom. The summed E-state index contributed by atoms with van der Waals surface area (Å²) in [5.74, 6) is 0.508. The van der Waals surface area contributed by atoms with Crippen LogP contribution in [-0.2, 0) is 7.05 Å². The van der Waals surface area contributed by atoms with Gasteiger partial charge < -0.3 is 5.32 Å². The van der Waals surface area contributed by atoms with E-state index in [0.29, 0.717) is 11.4 Å². The number of benzene rings is 2. The van der Waals surface area contributed by atoms with E-state index in [2.05, 4.69) is 20.8 Å². The Morgan fingerprint density at radius 1 is 1.05 bits per heavy atom. The number of tetrazole rings is 1. The minimum atomic E-state index is -0.149. The summed E-state index contributed by atoms with van der Waals surface area (Å²) >= 11 is 0. The number of anilines is 1. The highest BCUT2D eigenvalue weighted by Gasteiger charge is 2.09. The first-order valence-corrected chi connectivity index (χ1v) is 6.43. The number of para-hydroxylation sites is 1. The summed E-state index contributed by atoms with van der Waals surface area (Å²) in [7, 11) is 1.77. The summed E-state index contributed by atoms with van der Waals surface area (Å²) < 4.78 is 1.58. The number of carbonyl (C=O) groups excluding carboxylic acids is 1. The Hall–Kier alpha value is -3.02.